The summed E-state index contributed by atoms with van der Waals surface area (Å²) in [6.07, 6.45) is 5.13. The number of nitrogens with one attached hydrogen (secondary N) is 1. The van der Waals surface area contributed by atoms with Crippen LogP contribution >= 0.6 is 27.5 Å². The molecule has 1 aliphatic rings. The van der Waals surface area contributed by atoms with Gasteiger partial charge in [-0.3, -0.25) is 4.98 Å². The SMILES string of the molecule is CCNc1cc(C2CCCC2)nc2c(Cl)cc(Br)cc12. The Morgan fingerprint density at radius 1 is 1.30 bits per heavy atom. The van der Waals surface area contributed by atoms with Crippen molar-refractivity contribution in [3.63, 3.8) is 0 Å². The minimum absolute atomic E-state index is 0.594. The molecule has 1 aliphatic carbocycles. The lowest BCUT2D eigenvalue weighted by atomic mass is 10.0. The van der Waals surface area contributed by atoms with Gasteiger partial charge in [-0.05, 0) is 38.0 Å². The summed E-state index contributed by atoms with van der Waals surface area (Å²) in [6, 6.07) is 6.22. The number of aromatic nitrogens is 1. The summed E-state index contributed by atoms with van der Waals surface area (Å²) in [5.74, 6) is 0.594. The lowest BCUT2D eigenvalue weighted by molar-refractivity contribution is 0.701. The molecule has 0 unspecified atom stereocenters. The van der Waals surface area contributed by atoms with E-state index in [2.05, 4.69) is 40.3 Å². The van der Waals surface area contributed by atoms with Gasteiger partial charge in [0.2, 0.25) is 0 Å². The van der Waals surface area contributed by atoms with Crippen molar-refractivity contribution in [2.75, 3.05) is 11.9 Å². The first-order valence-corrected chi connectivity index (χ1v) is 8.39. The van der Waals surface area contributed by atoms with Crippen LogP contribution in [-0.2, 0) is 0 Å². The van der Waals surface area contributed by atoms with Crippen LogP contribution in [0.5, 0.6) is 0 Å². The van der Waals surface area contributed by atoms with Crippen molar-refractivity contribution in [2.24, 2.45) is 0 Å². The number of anilines is 1. The lowest BCUT2D eigenvalue weighted by Gasteiger charge is -2.15. The van der Waals surface area contributed by atoms with Gasteiger partial charge in [0.15, 0.2) is 0 Å². The third-order valence-corrected chi connectivity index (χ3v) is 4.74. The number of pyridine rings is 1. The van der Waals surface area contributed by atoms with Crippen molar-refractivity contribution in [3.8, 4) is 0 Å². The molecule has 2 aromatic rings. The van der Waals surface area contributed by atoms with Crippen molar-refractivity contribution in [2.45, 2.75) is 38.5 Å². The first-order chi connectivity index (χ1) is 9.69. The number of halogens is 2. The molecule has 0 amide bonds. The summed E-state index contributed by atoms with van der Waals surface area (Å²) >= 11 is 9.91. The third-order valence-electron chi connectivity index (χ3n) is 3.99. The number of nitrogens with zero attached hydrogens (tertiary/aromatic N) is 1. The van der Waals surface area contributed by atoms with Crippen LogP contribution in [0, 0.1) is 0 Å². The zero-order chi connectivity index (χ0) is 14.1. The van der Waals surface area contributed by atoms with E-state index in [-0.39, 0.29) is 0 Å². The second-order valence-electron chi connectivity index (χ2n) is 5.39. The molecule has 3 rings (SSSR count). The van der Waals surface area contributed by atoms with Crippen molar-refractivity contribution in [3.05, 3.63) is 33.4 Å². The molecule has 4 heteroatoms. The van der Waals surface area contributed by atoms with Crippen LogP contribution < -0.4 is 5.32 Å². The zero-order valence-corrected chi connectivity index (χ0v) is 13.9. The highest BCUT2D eigenvalue weighted by molar-refractivity contribution is 9.10. The van der Waals surface area contributed by atoms with E-state index in [9.17, 15) is 0 Å². The number of hydrogen-bond acceptors (Lipinski definition) is 2. The summed E-state index contributed by atoms with van der Waals surface area (Å²) in [5, 5.41) is 5.26. The number of fused-ring (bicyclic) bond motifs is 1. The molecule has 1 heterocycles. The predicted molar refractivity (Wildman–Crippen MR) is 89.8 cm³/mol. The van der Waals surface area contributed by atoms with E-state index in [1.165, 1.54) is 31.4 Å². The quantitative estimate of drug-likeness (QED) is 0.761. The lowest BCUT2D eigenvalue weighted by Crippen LogP contribution is -2.03. The van der Waals surface area contributed by atoms with E-state index in [1.54, 1.807) is 0 Å². The van der Waals surface area contributed by atoms with Crippen LogP contribution in [0.4, 0.5) is 5.69 Å². The molecule has 0 radical (unpaired) electrons. The molecule has 0 aliphatic heterocycles. The molecular formula is C16H18BrClN2. The van der Waals surface area contributed by atoms with Gasteiger partial charge in [0.25, 0.3) is 0 Å². The van der Waals surface area contributed by atoms with E-state index in [0.717, 1.165) is 27.6 Å². The van der Waals surface area contributed by atoms with E-state index >= 15 is 0 Å². The standard InChI is InChI=1S/C16H18BrClN2/c1-2-19-15-9-14(10-5-3-4-6-10)20-16-12(15)7-11(17)8-13(16)18/h7-10H,2-6H2,1H3,(H,19,20). The van der Waals surface area contributed by atoms with Gasteiger partial charge in [0.1, 0.15) is 0 Å². The van der Waals surface area contributed by atoms with Gasteiger partial charge >= 0.3 is 0 Å². The number of rotatable bonds is 3. The maximum absolute atomic E-state index is 6.39. The smallest absolute Gasteiger partial charge is 0.0913 e. The molecule has 0 bridgehead atoms. The Bertz CT molecular complexity index is 636. The third kappa shape index (κ3) is 2.66. The van der Waals surface area contributed by atoms with Crippen LogP contribution in [-0.4, -0.2) is 11.5 Å². The summed E-state index contributed by atoms with van der Waals surface area (Å²) < 4.78 is 0.990. The minimum atomic E-state index is 0.594. The van der Waals surface area contributed by atoms with Crippen LogP contribution in [0.3, 0.4) is 0 Å². The molecule has 106 valence electrons. The maximum atomic E-state index is 6.39. The van der Waals surface area contributed by atoms with E-state index < -0.39 is 0 Å². The Kier molecular flexibility index (Phi) is 4.18. The average molecular weight is 354 g/mol. The fourth-order valence-electron chi connectivity index (χ4n) is 3.04. The van der Waals surface area contributed by atoms with Crippen LogP contribution in [0.25, 0.3) is 10.9 Å². The molecule has 1 saturated carbocycles. The molecule has 0 saturated heterocycles. The van der Waals surface area contributed by atoms with Gasteiger partial charge in [0, 0.05) is 33.7 Å². The first kappa shape index (κ1) is 14.2. The molecule has 1 fully saturated rings. The Balaban J connectivity index is 2.19. The molecule has 1 N–H and O–H groups in total. The van der Waals surface area contributed by atoms with Gasteiger partial charge in [-0.1, -0.05) is 40.4 Å². The van der Waals surface area contributed by atoms with Gasteiger partial charge < -0.3 is 5.32 Å². The van der Waals surface area contributed by atoms with Gasteiger partial charge in [0.05, 0.1) is 10.5 Å². The largest absolute Gasteiger partial charge is 0.385 e. The van der Waals surface area contributed by atoms with Gasteiger partial charge in [-0.2, -0.15) is 0 Å². The molecule has 0 atom stereocenters. The molecule has 2 nitrogen and oxygen atoms in total. The second-order valence-corrected chi connectivity index (χ2v) is 6.71. The Morgan fingerprint density at radius 2 is 2.05 bits per heavy atom. The Hall–Kier alpha value is -0.800. The Morgan fingerprint density at radius 3 is 2.75 bits per heavy atom. The van der Waals surface area contributed by atoms with Crippen LogP contribution in [0.2, 0.25) is 5.02 Å². The monoisotopic (exact) mass is 352 g/mol. The van der Waals surface area contributed by atoms with E-state index in [1.807, 2.05) is 6.07 Å². The van der Waals surface area contributed by atoms with Gasteiger partial charge in [-0.15, -0.1) is 0 Å². The zero-order valence-electron chi connectivity index (χ0n) is 11.5. The van der Waals surface area contributed by atoms with Crippen molar-refractivity contribution >= 4 is 44.1 Å². The highest BCUT2D eigenvalue weighted by atomic mass is 79.9. The average Bonchev–Trinajstić information content (AvgIpc) is 2.93. The van der Waals surface area contributed by atoms with Crippen LogP contribution in [0.1, 0.15) is 44.2 Å². The number of hydrogen-bond donors (Lipinski definition) is 1. The normalized spacial score (nSPS) is 15.9. The van der Waals surface area contributed by atoms with Crippen LogP contribution in [0.15, 0.2) is 22.7 Å². The molecule has 0 spiro atoms. The topological polar surface area (TPSA) is 24.9 Å². The summed E-state index contributed by atoms with van der Waals surface area (Å²) in [5.41, 5.74) is 3.24. The summed E-state index contributed by atoms with van der Waals surface area (Å²) in [6.45, 7) is 3.01. The highest BCUT2D eigenvalue weighted by Crippen LogP contribution is 2.38. The number of benzene rings is 1. The first-order valence-electron chi connectivity index (χ1n) is 7.22. The Labute approximate surface area is 133 Å². The maximum Gasteiger partial charge on any atom is 0.0913 e. The van der Waals surface area contributed by atoms with E-state index in [0.29, 0.717) is 10.9 Å². The summed E-state index contributed by atoms with van der Waals surface area (Å²) in [4.78, 5) is 4.85. The molecule has 1 aromatic carbocycles. The summed E-state index contributed by atoms with van der Waals surface area (Å²) in [7, 11) is 0. The highest BCUT2D eigenvalue weighted by Gasteiger charge is 2.20. The van der Waals surface area contributed by atoms with Gasteiger partial charge in [-0.25, -0.2) is 0 Å². The predicted octanol–water partition coefficient (Wildman–Crippen LogP) is 5.74. The van der Waals surface area contributed by atoms with Crippen molar-refractivity contribution < 1.29 is 0 Å². The molecular weight excluding hydrogens is 336 g/mol. The van der Waals surface area contributed by atoms with Crippen molar-refractivity contribution in [1.82, 2.24) is 4.98 Å². The fraction of sp³-hybridized carbons (Fsp3) is 0.438. The fourth-order valence-corrected chi connectivity index (χ4v) is 3.89. The second kappa shape index (κ2) is 5.90. The minimum Gasteiger partial charge on any atom is -0.385 e. The molecule has 1 aromatic heterocycles. The van der Waals surface area contributed by atoms with E-state index in [4.69, 9.17) is 16.6 Å². The van der Waals surface area contributed by atoms with Crippen molar-refractivity contribution in [1.29, 1.82) is 0 Å². The molecule has 20 heavy (non-hydrogen) atoms.